The van der Waals surface area contributed by atoms with Crippen LogP contribution >= 0.6 is 27.5 Å². The third-order valence-corrected chi connectivity index (χ3v) is 4.26. The summed E-state index contributed by atoms with van der Waals surface area (Å²) >= 11 is 9.66. The molecule has 0 spiro atoms. The summed E-state index contributed by atoms with van der Waals surface area (Å²) in [6.45, 7) is 2.07. The fourth-order valence-electron chi connectivity index (χ4n) is 1.90. The molecule has 0 aliphatic heterocycles. The van der Waals surface area contributed by atoms with Gasteiger partial charge in [-0.1, -0.05) is 43.3 Å². The lowest BCUT2D eigenvalue weighted by molar-refractivity contribution is 0.618. The molecular formula is C15H13BrClF. The molecule has 3 heteroatoms. The van der Waals surface area contributed by atoms with Gasteiger partial charge in [0.15, 0.2) is 0 Å². The average Bonchev–Trinajstić information content (AvgIpc) is 2.41. The molecule has 2 aromatic rings. The maximum absolute atomic E-state index is 13.2. The number of hydrogen-bond donors (Lipinski definition) is 0. The normalized spacial score (nSPS) is 14.2. The van der Waals surface area contributed by atoms with Gasteiger partial charge in [0.25, 0.3) is 0 Å². The molecule has 94 valence electrons. The Balaban J connectivity index is 2.25. The quantitative estimate of drug-likeness (QED) is 0.637. The molecular weight excluding hydrogens is 315 g/mol. The minimum absolute atomic E-state index is 0.172. The maximum Gasteiger partial charge on any atom is 0.137 e. The van der Waals surface area contributed by atoms with E-state index in [1.54, 1.807) is 12.1 Å². The summed E-state index contributed by atoms with van der Waals surface area (Å²) in [5, 5.41) is -0.177. The molecule has 0 radical (unpaired) electrons. The van der Waals surface area contributed by atoms with E-state index in [0.29, 0.717) is 4.47 Å². The van der Waals surface area contributed by atoms with Gasteiger partial charge in [-0.15, -0.1) is 11.6 Å². The van der Waals surface area contributed by atoms with Crippen molar-refractivity contribution in [3.8, 4) is 0 Å². The molecule has 0 fully saturated rings. The molecule has 2 aromatic carbocycles. The Labute approximate surface area is 120 Å². The van der Waals surface area contributed by atoms with Crippen LogP contribution in [0.15, 0.2) is 53.0 Å². The van der Waals surface area contributed by atoms with Crippen molar-refractivity contribution in [2.24, 2.45) is 0 Å². The molecule has 0 heterocycles. The summed E-state index contributed by atoms with van der Waals surface area (Å²) in [5.74, 6) is -0.0970. The Morgan fingerprint density at radius 1 is 1.06 bits per heavy atom. The minimum atomic E-state index is -0.269. The first kappa shape index (κ1) is 13.6. The van der Waals surface area contributed by atoms with Crippen LogP contribution in [-0.2, 0) is 0 Å². The number of halogens is 3. The predicted octanol–water partition coefficient (Wildman–Crippen LogP) is 5.67. The van der Waals surface area contributed by atoms with E-state index in [2.05, 4.69) is 35.0 Å². The standard InChI is InChI=1S/C15H13BrClF/c1-10(11-5-3-2-4-6-11)15(17)12-7-8-14(18)13(16)9-12/h2-10,15H,1H3. The lowest BCUT2D eigenvalue weighted by atomic mass is 9.93. The number of alkyl halides is 1. The summed E-state index contributed by atoms with van der Waals surface area (Å²) in [7, 11) is 0. The van der Waals surface area contributed by atoms with Gasteiger partial charge in [0.1, 0.15) is 5.82 Å². The van der Waals surface area contributed by atoms with Gasteiger partial charge in [-0.2, -0.15) is 0 Å². The van der Waals surface area contributed by atoms with E-state index in [0.717, 1.165) is 5.56 Å². The van der Waals surface area contributed by atoms with Crippen LogP contribution < -0.4 is 0 Å². The maximum atomic E-state index is 13.2. The van der Waals surface area contributed by atoms with Crippen LogP contribution in [0.1, 0.15) is 29.3 Å². The third kappa shape index (κ3) is 2.93. The van der Waals surface area contributed by atoms with Crippen molar-refractivity contribution in [3.05, 3.63) is 69.9 Å². The van der Waals surface area contributed by atoms with Crippen LogP contribution in [0, 0.1) is 5.82 Å². The topological polar surface area (TPSA) is 0 Å². The first-order valence-electron chi connectivity index (χ1n) is 5.73. The molecule has 0 N–H and O–H groups in total. The molecule has 18 heavy (non-hydrogen) atoms. The third-order valence-electron chi connectivity index (χ3n) is 3.03. The Morgan fingerprint density at radius 3 is 2.33 bits per heavy atom. The summed E-state index contributed by atoms with van der Waals surface area (Å²) in [6.07, 6.45) is 0. The van der Waals surface area contributed by atoms with E-state index >= 15 is 0 Å². The van der Waals surface area contributed by atoms with E-state index in [4.69, 9.17) is 11.6 Å². The zero-order valence-corrected chi connectivity index (χ0v) is 12.2. The van der Waals surface area contributed by atoms with E-state index in [-0.39, 0.29) is 17.1 Å². The van der Waals surface area contributed by atoms with Crippen LogP contribution in [0.4, 0.5) is 4.39 Å². The summed E-state index contributed by atoms with van der Waals surface area (Å²) < 4.78 is 13.6. The van der Waals surface area contributed by atoms with Crippen molar-refractivity contribution < 1.29 is 4.39 Å². The van der Waals surface area contributed by atoms with E-state index in [9.17, 15) is 4.39 Å². The van der Waals surface area contributed by atoms with Gasteiger partial charge < -0.3 is 0 Å². The molecule has 0 saturated heterocycles. The SMILES string of the molecule is CC(c1ccccc1)C(Cl)c1ccc(F)c(Br)c1. The van der Waals surface area contributed by atoms with E-state index in [1.807, 2.05) is 18.2 Å². The molecule has 2 rings (SSSR count). The van der Waals surface area contributed by atoms with Crippen LogP contribution in [0.5, 0.6) is 0 Å². The number of benzene rings is 2. The lowest BCUT2D eigenvalue weighted by Gasteiger charge is -2.19. The van der Waals surface area contributed by atoms with Crippen molar-refractivity contribution in [3.63, 3.8) is 0 Å². The van der Waals surface area contributed by atoms with Gasteiger partial charge in [0.05, 0.1) is 9.85 Å². The fraction of sp³-hybridized carbons (Fsp3) is 0.200. The highest BCUT2D eigenvalue weighted by molar-refractivity contribution is 9.10. The van der Waals surface area contributed by atoms with Crippen molar-refractivity contribution in [2.45, 2.75) is 18.2 Å². The Bertz CT molecular complexity index is 527. The second-order valence-electron chi connectivity index (χ2n) is 4.27. The van der Waals surface area contributed by atoms with Crippen molar-refractivity contribution in [1.29, 1.82) is 0 Å². The molecule has 0 aliphatic carbocycles. The zero-order chi connectivity index (χ0) is 13.1. The Kier molecular flexibility index (Phi) is 4.41. The molecule has 0 saturated carbocycles. The highest BCUT2D eigenvalue weighted by atomic mass is 79.9. The van der Waals surface area contributed by atoms with Gasteiger partial charge in [0, 0.05) is 5.92 Å². The lowest BCUT2D eigenvalue weighted by Crippen LogP contribution is -2.02. The van der Waals surface area contributed by atoms with Gasteiger partial charge in [-0.25, -0.2) is 4.39 Å². The summed E-state index contributed by atoms with van der Waals surface area (Å²) in [6, 6.07) is 15.0. The summed E-state index contributed by atoms with van der Waals surface area (Å²) in [5.41, 5.74) is 2.10. The van der Waals surface area contributed by atoms with Crippen molar-refractivity contribution in [2.75, 3.05) is 0 Å². The average molecular weight is 328 g/mol. The molecule has 0 bridgehead atoms. The van der Waals surface area contributed by atoms with Gasteiger partial charge >= 0.3 is 0 Å². The highest BCUT2D eigenvalue weighted by Gasteiger charge is 2.19. The molecule has 0 amide bonds. The van der Waals surface area contributed by atoms with Gasteiger partial charge in [0.2, 0.25) is 0 Å². The Morgan fingerprint density at radius 2 is 1.72 bits per heavy atom. The monoisotopic (exact) mass is 326 g/mol. The number of rotatable bonds is 3. The van der Waals surface area contributed by atoms with E-state index in [1.165, 1.54) is 11.6 Å². The second-order valence-corrected chi connectivity index (χ2v) is 5.60. The first-order valence-corrected chi connectivity index (χ1v) is 6.96. The molecule has 0 aromatic heterocycles. The molecule has 2 atom stereocenters. The zero-order valence-electron chi connectivity index (χ0n) is 9.91. The molecule has 2 unspecified atom stereocenters. The highest BCUT2D eigenvalue weighted by Crippen LogP contribution is 2.37. The van der Waals surface area contributed by atoms with Crippen LogP contribution in [0.2, 0.25) is 0 Å². The van der Waals surface area contributed by atoms with Crippen LogP contribution in [-0.4, -0.2) is 0 Å². The molecule has 0 nitrogen and oxygen atoms in total. The molecule has 0 aliphatic rings. The predicted molar refractivity (Wildman–Crippen MR) is 77.6 cm³/mol. The van der Waals surface area contributed by atoms with Crippen molar-refractivity contribution >= 4 is 27.5 Å². The second kappa shape index (κ2) is 5.85. The van der Waals surface area contributed by atoms with Gasteiger partial charge in [-0.05, 0) is 39.2 Å². The first-order chi connectivity index (χ1) is 8.59. The van der Waals surface area contributed by atoms with Crippen LogP contribution in [0.3, 0.4) is 0 Å². The fourth-order valence-corrected chi connectivity index (χ4v) is 2.58. The largest absolute Gasteiger partial charge is 0.206 e. The van der Waals surface area contributed by atoms with E-state index < -0.39 is 0 Å². The van der Waals surface area contributed by atoms with Crippen LogP contribution in [0.25, 0.3) is 0 Å². The Hall–Kier alpha value is -0.860. The van der Waals surface area contributed by atoms with Crippen molar-refractivity contribution in [1.82, 2.24) is 0 Å². The smallest absolute Gasteiger partial charge is 0.137 e. The number of hydrogen-bond acceptors (Lipinski definition) is 0. The summed E-state index contributed by atoms with van der Waals surface area (Å²) in [4.78, 5) is 0. The minimum Gasteiger partial charge on any atom is -0.206 e. The van der Waals surface area contributed by atoms with Gasteiger partial charge in [-0.3, -0.25) is 0 Å².